The van der Waals surface area contributed by atoms with Gasteiger partial charge in [-0.1, -0.05) is 0 Å². The number of rotatable bonds is 3. The first-order chi connectivity index (χ1) is 9.29. The van der Waals surface area contributed by atoms with E-state index >= 15 is 0 Å². The van der Waals surface area contributed by atoms with Gasteiger partial charge in [-0.3, -0.25) is 10.1 Å². The molecule has 0 aromatic carbocycles. The van der Waals surface area contributed by atoms with Gasteiger partial charge in [-0.2, -0.15) is 13.2 Å². The zero-order chi connectivity index (χ0) is 14.9. The summed E-state index contributed by atoms with van der Waals surface area (Å²) >= 11 is 0.702. The monoisotopic (exact) mass is 306 g/mol. The van der Waals surface area contributed by atoms with E-state index in [0.29, 0.717) is 11.8 Å². The van der Waals surface area contributed by atoms with E-state index in [1.165, 1.54) is 6.07 Å². The molecule has 0 atom stereocenters. The molecule has 2 aromatic rings. The van der Waals surface area contributed by atoms with Crippen LogP contribution in [0.15, 0.2) is 28.5 Å². The van der Waals surface area contributed by atoms with E-state index < -0.39 is 16.9 Å². The summed E-state index contributed by atoms with van der Waals surface area (Å²) in [6, 6.07) is 2.43. The predicted molar refractivity (Wildman–Crippen MR) is 60.2 cm³/mol. The third kappa shape index (κ3) is 2.79. The second kappa shape index (κ2) is 4.96. The summed E-state index contributed by atoms with van der Waals surface area (Å²) in [5.41, 5.74) is -0.237. The second-order valence-electron chi connectivity index (χ2n) is 3.39. The lowest BCUT2D eigenvalue weighted by molar-refractivity contribution is -0.385. The van der Waals surface area contributed by atoms with Gasteiger partial charge in [-0.25, -0.2) is 9.66 Å². The van der Waals surface area contributed by atoms with Crippen molar-refractivity contribution in [1.29, 1.82) is 0 Å². The van der Waals surface area contributed by atoms with Gasteiger partial charge in [-0.15, -0.1) is 10.2 Å². The fourth-order valence-electron chi connectivity index (χ4n) is 1.17. The van der Waals surface area contributed by atoms with Crippen molar-refractivity contribution in [3.63, 3.8) is 0 Å². The molecule has 0 aliphatic rings. The Morgan fingerprint density at radius 3 is 2.50 bits per heavy atom. The van der Waals surface area contributed by atoms with Crippen LogP contribution in [0.2, 0.25) is 0 Å². The maximum atomic E-state index is 12.4. The molecular formula is C8H5F3N6O2S. The van der Waals surface area contributed by atoms with Crippen molar-refractivity contribution in [2.45, 2.75) is 16.4 Å². The molecule has 0 saturated carbocycles. The lowest BCUT2D eigenvalue weighted by Crippen LogP contribution is -2.21. The van der Waals surface area contributed by atoms with Crippen LogP contribution in [-0.2, 0) is 6.18 Å². The number of nitrogens with zero attached hydrogens (tertiary/aromatic N) is 5. The van der Waals surface area contributed by atoms with Crippen LogP contribution in [0.25, 0.3) is 0 Å². The van der Waals surface area contributed by atoms with E-state index in [-0.39, 0.29) is 20.5 Å². The van der Waals surface area contributed by atoms with Crippen LogP contribution in [0.4, 0.5) is 18.9 Å². The molecule has 0 aliphatic heterocycles. The maximum absolute atomic E-state index is 12.4. The first-order valence-electron chi connectivity index (χ1n) is 4.85. The SMILES string of the molecule is Nn1c(Sc2ccc([N+](=O)[O-])cn2)nnc1C(F)(F)F. The molecular weight excluding hydrogens is 301 g/mol. The van der Waals surface area contributed by atoms with Gasteiger partial charge in [0.1, 0.15) is 11.2 Å². The van der Waals surface area contributed by atoms with Gasteiger partial charge in [0, 0.05) is 6.07 Å². The largest absolute Gasteiger partial charge is 0.453 e. The second-order valence-corrected chi connectivity index (χ2v) is 4.38. The maximum Gasteiger partial charge on any atom is 0.453 e. The number of nitro groups is 1. The van der Waals surface area contributed by atoms with Crippen molar-refractivity contribution in [2.75, 3.05) is 5.84 Å². The van der Waals surface area contributed by atoms with Crippen molar-refractivity contribution in [2.24, 2.45) is 0 Å². The van der Waals surface area contributed by atoms with Crippen LogP contribution < -0.4 is 5.84 Å². The van der Waals surface area contributed by atoms with Crippen LogP contribution in [0, 0.1) is 10.1 Å². The molecule has 20 heavy (non-hydrogen) atoms. The van der Waals surface area contributed by atoms with Crippen LogP contribution >= 0.6 is 11.8 Å². The summed E-state index contributed by atoms with van der Waals surface area (Å²) < 4.78 is 37.6. The molecule has 0 fully saturated rings. The molecule has 2 aromatic heterocycles. The number of pyridine rings is 1. The highest BCUT2D eigenvalue weighted by Gasteiger charge is 2.38. The number of alkyl halides is 3. The first-order valence-corrected chi connectivity index (χ1v) is 5.66. The zero-order valence-corrected chi connectivity index (χ0v) is 10.2. The lowest BCUT2D eigenvalue weighted by Gasteiger charge is -2.05. The normalized spacial score (nSPS) is 11.6. The fourth-order valence-corrected chi connectivity index (χ4v) is 1.87. The minimum atomic E-state index is -4.72. The minimum Gasteiger partial charge on any atom is -0.335 e. The minimum absolute atomic E-state index is 0.198. The highest BCUT2D eigenvalue weighted by atomic mass is 32.2. The molecule has 0 saturated heterocycles. The average Bonchev–Trinajstić information content (AvgIpc) is 2.71. The van der Waals surface area contributed by atoms with E-state index in [4.69, 9.17) is 5.84 Å². The van der Waals surface area contributed by atoms with Crippen molar-refractivity contribution >= 4 is 17.4 Å². The molecule has 2 heterocycles. The van der Waals surface area contributed by atoms with Crippen molar-refractivity contribution in [3.8, 4) is 0 Å². The summed E-state index contributed by atoms with van der Waals surface area (Å²) in [5.74, 6) is 3.88. The third-order valence-corrected chi connectivity index (χ3v) is 2.96. The summed E-state index contributed by atoms with van der Waals surface area (Å²) in [4.78, 5) is 13.5. The van der Waals surface area contributed by atoms with E-state index in [1.54, 1.807) is 0 Å². The predicted octanol–water partition coefficient (Wildman–Crippen LogP) is 1.47. The Balaban J connectivity index is 2.22. The van der Waals surface area contributed by atoms with Crippen molar-refractivity contribution in [3.05, 3.63) is 34.3 Å². The summed E-state index contributed by atoms with van der Waals surface area (Å²) in [6.07, 6.45) is -3.74. The number of hydrogen-bond donors (Lipinski definition) is 1. The van der Waals surface area contributed by atoms with Crippen LogP contribution in [0.1, 0.15) is 5.82 Å². The Labute approximate surface area is 112 Å². The topological polar surface area (TPSA) is 113 Å². The van der Waals surface area contributed by atoms with Crippen molar-refractivity contribution < 1.29 is 18.1 Å². The molecule has 2 N–H and O–H groups in total. The molecule has 0 unspecified atom stereocenters. The molecule has 0 amide bonds. The Hall–Kier alpha value is -2.37. The van der Waals surface area contributed by atoms with Gasteiger partial charge in [0.2, 0.25) is 5.16 Å². The van der Waals surface area contributed by atoms with E-state index in [2.05, 4.69) is 15.2 Å². The van der Waals surface area contributed by atoms with Gasteiger partial charge in [0.25, 0.3) is 11.5 Å². The summed E-state index contributed by atoms with van der Waals surface area (Å²) in [5, 5.41) is 16.6. The highest BCUT2D eigenvalue weighted by molar-refractivity contribution is 7.99. The Bertz CT molecular complexity index is 641. The van der Waals surface area contributed by atoms with Crippen molar-refractivity contribution in [1.82, 2.24) is 19.9 Å². The van der Waals surface area contributed by atoms with Gasteiger partial charge >= 0.3 is 6.18 Å². The number of halogens is 3. The quantitative estimate of drug-likeness (QED) is 0.519. The van der Waals surface area contributed by atoms with Gasteiger partial charge in [-0.05, 0) is 17.8 Å². The van der Waals surface area contributed by atoms with Crippen LogP contribution in [0.3, 0.4) is 0 Å². The van der Waals surface area contributed by atoms with Crippen LogP contribution in [-0.4, -0.2) is 24.8 Å². The van der Waals surface area contributed by atoms with Gasteiger partial charge in [0.15, 0.2) is 0 Å². The third-order valence-electron chi connectivity index (χ3n) is 2.05. The standard InChI is InChI=1S/C8H5F3N6O2S/c9-8(10,11)6-14-15-7(16(6)12)20-5-2-1-4(3-13-5)17(18)19/h1-3H,12H2. The van der Waals surface area contributed by atoms with Gasteiger partial charge in [0.05, 0.1) is 4.92 Å². The number of nitrogens with two attached hydrogens (primary N) is 1. The molecule has 8 nitrogen and oxygen atoms in total. The Morgan fingerprint density at radius 2 is 2.05 bits per heavy atom. The lowest BCUT2D eigenvalue weighted by atomic mass is 10.4. The molecule has 0 radical (unpaired) electrons. The molecule has 0 spiro atoms. The average molecular weight is 306 g/mol. The molecule has 0 aliphatic carbocycles. The van der Waals surface area contributed by atoms with Crippen LogP contribution in [0.5, 0.6) is 0 Å². The zero-order valence-electron chi connectivity index (χ0n) is 9.40. The highest BCUT2D eigenvalue weighted by Crippen LogP contribution is 2.31. The van der Waals surface area contributed by atoms with E-state index in [9.17, 15) is 23.3 Å². The number of nitrogen functional groups attached to an aromatic ring is 1. The fraction of sp³-hybridized carbons (Fsp3) is 0.125. The van der Waals surface area contributed by atoms with Gasteiger partial charge < -0.3 is 5.84 Å². The van der Waals surface area contributed by atoms with E-state index in [1.807, 2.05) is 0 Å². The smallest absolute Gasteiger partial charge is 0.335 e. The Kier molecular flexibility index (Phi) is 3.48. The number of aromatic nitrogens is 4. The number of hydrogen-bond acceptors (Lipinski definition) is 7. The summed E-state index contributed by atoms with van der Waals surface area (Å²) in [7, 11) is 0. The van der Waals surface area contributed by atoms with E-state index in [0.717, 1.165) is 12.3 Å². The Morgan fingerprint density at radius 1 is 1.35 bits per heavy atom. The first kappa shape index (κ1) is 14.0. The molecule has 2 rings (SSSR count). The summed E-state index contributed by atoms with van der Waals surface area (Å²) in [6.45, 7) is 0. The molecule has 12 heteroatoms. The molecule has 0 bridgehead atoms. The molecule has 106 valence electrons.